The Hall–Kier alpha value is -2.04. The number of benzene rings is 2. The molecule has 25 heavy (non-hydrogen) atoms. The van der Waals surface area contributed by atoms with Gasteiger partial charge in [0.25, 0.3) is 0 Å². The normalized spacial score (nSPS) is 18.0. The van der Waals surface area contributed by atoms with Crippen molar-refractivity contribution in [2.45, 2.75) is 26.0 Å². The summed E-state index contributed by atoms with van der Waals surface area (Å²) in [6.07, 6.45) is 1.20. The Morgan fingerprint density at radius 3 is 2.76 bits per heavy atom. The van der Waals surface area contributed by atoms with Crippen LogP contribution < -0.4 is 10.1 Å². The molecule has 134 valence electrons. The van der Waals surface area contributed by atoms with E-state index in [-0.39, 0.29) is 6.10 Å². The van der Waals surface area contributed by atoms with Crippen LogP contribution in [0.1, 0.15) is 18.9 Å². The molecule has 0 spiro atoms. The SMILES string of the molecule is CCCOc1ccccc1NC[C@@H]1CN(Cc2ccccc2)CCO1. The number of morpholine rings is 1. The molecule has 0 bridgehead atoms. The number of nitrogens with one attached hydrogen (secondary N) is 1. The first-order chi connectivity index (χ1) is 12.3. The van der Waals surface area contributed by atoms with Crippen LogP contribution in [0.25, 0.3) is 0 Å². The fraction of sp³-hybridized carbons (Fsp3) is 0.429. The van der Waals surface area contributed by atoms with E-state index in [0.29, 0.717) is 0 Å². The van der Waals surface area contributed by atoms with Gasteiger partial charge in [-0.1, -0.05) is 49.4 Å². The number of anilines is 1. The average molecular weight is 340 g/mol. The maximum Gasteiger partial charge on any atom is 0.142 e. The van der Waals surface area contributed by atoms with Crippen molar-refractivity contribution in [3.05, 3.63) is 60.2 Å². The zero-order chi connectivity index (χ0) is 17.3. The molecule has 2 aromatic rings. The molecule has 4 heteroatoms. The van der Waals surface area contributed by atoms with Crippen LogP contribution in [0.2, 0.25) is 0 Å². The second-order valence-electron chi connectivity index (χ2n) is 6.44. The number of nitrogens with zero attached hydrogens (tertiary/aromatic N) is 1. The number of hydrogen-bond donors (Lipinski definition) is 1. The quantitative estimate of drug-likeness (QED) is 0.793. The Balaban J connectivity index is 1.51. The van der Waals surface area contributed by atoms with Crippen LogP contribution in [-0.4, -0.2) is 43.9 Å². The smallest absolute Gasteiger partial charge is 0.142 e. The molecule has 0 radical (unpaired) electrons. The predicted molar refractivity (Wildman–Crippen MR) is 102 cm³/mol. The maximum atomic E-state index is 5.94. The molecule has 0 unspecified atom stereocenters. The summed E-state index contributed by atoms with van der Waals surface area (Å²) in [6, 6.07) is 18.8. The van der Waals surface area contributed by atoms with Crippen molar-refractivity contribution in [3.63, 3.8) is 0 Å². The lowest BCUT2D eigenvalue weighted by atomic mass is 10.2. The van der Waals surface area contributed by atoms with Crippen LogP contribution in [0.5, 0.6) is 5.75 Å². The van der Waals surface area contributed by atoms with E-state index in [2.05, 4.69) is 53.5 Å². The highest BCUT2D eigenvalue weighted by atomic mass is 16.5. The van der Waals surface area contributed by atoms with Gasteiger partial charge in [0, 0.05) is 26.2 Å². The minimum Gasteiger partial charge on any atom is -0.491 e. The van der Waals surface area contributed by atoms with Crippen LogP contribution in [0, 0.1) is 0 Å². The molecule has 0 saturated carbocycles. The Morgan fingerprint density at radius 1 is 1.12 bits per heavy atom. The molecule has 0 amide bonds. The largest absolute Gasteiger partial charge is 0.491 e. The van der Waals surface area contributed by atoms with E-state index in [4.69, 9.17) is 9.47 Å². The van der Waals surface area contributed by atoms with Gasteiger partial charge in [-0.2, -0.15) is 0 Å². The molecule has 1 aliphatic heterocycles. The van der Waals surface area contributed by atoms with Gasteiger partial charge in [-0.3, -0.25) is 4.90 Å². The summed E-state index contributed by atoms with van der Waals surface area (Å²) in [5, 5.41) is 3.50. The summed E-state index contributed by atoms with van der Waals surface area (Å²) < 4.78 is 11.8. The van der Waals surface area contributed by atoms with E-state index in [1.165, 1.54) is 5.56 Å². The monoisotopic (exact) mass is 340 g/mol. The molecule has 1 saturated heterocycles. The lowest BCUT2D eigenvalue weighted by Gasteiger charge is -2.33. The Bertz CT molecular complexity index is 633. The predicted octanol–water partition coefficient (Wildman–Crippen LogP) is 3.79. The molecular weight excluding hydrogens is 312 g/mol. The van der Waals surface area contributed by atoms with Crippen molar-refractivity contribution in [3.8, 4) is 5.75 Å². The van der Waals surface area contributed by atoms with Crippen molar-refractivity contribution >= 4 is 5.69 Å². The highest BCUT2D eigenvalue weighted by molar-refractivity contribution is 5.56. The summed E-state index contributed by atoms with van der Waals surface area (Å²) in [5.41, 5.74) is 2.40. The van der Waals surface area contributed by atoms with Gasteiger partial charge in [0.1, 0.15) is 5.75 Å². The third kappa shape index (κ3) is 5.48. The fourth-order valence-corrected chi connectivity index (χ4v) is 3.06. The summed E-state index contributed by atoms with van der Waals surface area (Å²) in [4.78, 5) is 2.46. The molecule has 1 fully saturated rings. The van der Waals surface area contributed by atoms with Gasteiger partial charge in [0.15, 0.2) is 0 Å². The summed E-state index contributed by atoms with van der Waals surface area (Å²) in [6.45, 7) is 7.35. The van der Waals surface area contributed by atoms with Gasteiger partial charge in [0.05, 0.1) is 25.0 Å². The first kappa shape index (κ1) is 17.8. The summed E-state index contributed by atoms with van der Waals surface area (Å²) >= 11 is 0. The second kappa shape index (κ2) is 9.44. The molecule has 1 atom stereocenters. The van der Waals surface area contributed by atoms with Crippen molar-refractivity contribution in [2.24, 2.45) is 0 Å². The number of para-hydroxylation sites is 2. The molecule has 0 aliphatic carbocycles. The van der Waals surface area contributed by atoms with Gasteiger partial charge in [-0.15, -0.1) is 0 Å². The van der Waals surface area contributed by atoms with Gasteiger partial charge in [-0.05, 0) is 24.1 Å². The third-order valence-corrected chi connectivity index (χ3v) is 4.34. The Labute approximate surface area is 150 Å². The van der Waals surface area contributed by atoms with E-state index in [1.54, 1.807) is 0 Å². The number of ether oxygens (including phenoxy) is 2. The Kier molecular flexibility index (Phi) is 6.71. The first-order valence-electron chi connectivity index (χ1n) is 9.18. The van der Waals surface area contributed by atoms with E-state index in [0.717, 1.165) is 57.3 Å². The van der Waals surface area contributed by atoms with E-state index >= 15 is 0 Å². The maximum absolute atomic E-state index is 5.94. The number of hydrogen-bond acceptors (Lipinski definition) is 4. The summed E-state index contributed by atoms with van der Waals surface area (Å²) in [7, 11) is 0. The minimum atomic E-state index is 0.191. The van der Waals surface area contributed by atoms with Crippen LogP contribution in [0.3, 0.4) is 0 Å². The number of rotatable bonds is 8. The van der Waals surface area contributed by atoms with Gasteiger partial charge >= 0.3 is 0 Å². The molecule has 0 aromatic heterocycles. The zero-order valence-electron chi connectivity index (χ0n) is 15.0. The highest BCUT2D eigenvalue weighted by Gasteiger charge is 2.20. The molecule has 1 N–H and O–H groups in total. The minimum absolute atomic E-state index is 0.191. The average Bonchev–Trinajstić information content (AvgIpc) is 2.66. The highest BCUT2D eigenvalue weighted by Crippen LogP contribution is 2.24. The van der Waals surface area contributed by atoms with Gasteiger partial charge < -0.3 is 14.8 Å². The van der Waals surface area contributed by atoms with Crippen LogP contribution >= 0.6 is 0 Å². The first-order valence-corrected chi connectivity index (χ1v) is 9.18. The van der Waals surface area contributed by atoms with Crippen molar-refractivity contribution in [1.29, 1.82) is 0 Å². The van der Waals surface area contributed by atoms with Gasteiger partial charge in [-0.25, -0.2) is 0 Å². The van der Waals surface area contributed by atoms with E-state index < -0.39 is 0 Å². The topological polar surface area (TPSA) is 33.7 Å². The lowest BCUT2D eigenvalue weighted by molar-refractivity contribution is -0.0240. The van der Waals surface area contributed by atoms with E-state index in [1.807, 2.05) is 18.2 Å². The van der Waals surface area contributed by atoms with Crippen LogP contribution in [0.15, 0.2) is 54.6 Å². The van der Waals surface area contributed by atoms with Crippen molar-refractivity contribution in [1.82, 2.24) is 4.90 Å². The molecular formula is C21H28N2O2. The molecule has 1 heterocycles. The van der Waals surface area contributed by atoms with E-state index in [9.17, 15) is 0 Å². The van der Waals surface area contributed by atoms with Crippen molar-refractivity contribution < 1.29 is 9.47 Å². The lowest BCUT2D eigenvalue weighted by Crippen LogP contribution is -2.44. The van der Waals surface area contributed by atoms with Crippen molar-refractivity contribution in [2.75, 3.05) is 38.2 Å². The molecule has 3 rings (SSSR count). The van der Waals surface area contributed by atoms with Crippen LogP contribution in [0.4, 0.5) is 5.69 Å². The molecule has 1 aliphatic rings. The fourth-order valence-electron chi connectivity index (χ4n) is 3.06. The third-order valence-electron chi connectivity index (χ3n) is 4.34. The zero-order valence-corrected chi connectivity index (χ0v) is 15.0. The second-order valence-corrected chi connectivity index (χ2v) is 6.44. The van der Waals surface area contributed by atoms with Crippen LogP contribution in [-0.2, 0) is 11.3 Å². The summed E-state index contributed by atoms with van der Waals surface area (Å²) in [5.74, 6) is 0.918. The standard InChI is InChI=1S/C21H28N2O2/c1-2-13-25-21-11-7-6-10-20(21)22-15-19-17-23(12-14-24-19)16-18-8-4-3-5-9-18/h3-11,19,22H,2,12-17H2,1H3/t19-/m1/s1. The van der Waals surface area contributed by atoms with Gasteiger partial charge in [0.2, 0.25) is 0 Å². The molecule has 2 aromatic carbocycles. The molecule has 4 nitrogen and oxygen atoms in total. The Morgan fingerprint density at radius 2 is 1.92 bits per heavy atom.